The van der Waals surface area contributed by atoms with E-state index in [1.807, 2.05) is 27.7 Å². The van der Waals surface area contributed by atoms with Gasteiger partial charge in [-0.05, 0) is 19.8 Å². The highest BCUT2D eigenvalue weighted by molar-refractivity contribution is 5.80. The molecule has 94 valence electrons. The third-order valence-corrected chi connectivity index (χ3v) is 2.05. The van der Waals surface area contributed by atoms with Crippen LogP contribution < -0.4 is 10.6 Å². The molecular weight excluding hydrogens is 208 g/mol. The average Bonchev–Trinajstić information content (AvgIpc) is 2.15. The van der Waals surface area contributed by atoms with E-state index in [1.54, 1.807) is 0 Å². The van der Waals surface area contributed by atoms with E-state index >= 15 is 0 Å². The molecule has 1 atom stereocenters. The zero-order valence-electron chi connectivity index (χ0n) is 10.7. The van der Waals surface area contributed by atoms with Gasteiger partial charge in [-0.1, -0.05) is 13.8 Å². The maximum Gasteiger partial charge on any atom is 0.323 e. The van der Waals surface area contributed by atoms with Gasteiger partial charge in [0, 0.05) is 6.04 Å². The summed E-state index contributed by atoms with van der Waals surface area (Å²) in [5, 5.41) is 5.63. The monoisotopic (exact) mass is 230 g/mol. The molecule has 0 spiro atoms. The van der Waals surface area contributed by atoms with E-state index in [2.05, 4.69) is 15.4 Å². The summed E-state index contributed by atoms with van der Waals surface area (Å²) in [7, 11) is 1.34. The Bertz CT molecular complexity index is 239. The maximum absolute atomic E-state index is 11.4. The van der Waals surface area contributed by atoms with Crippen LogP contribution in [0.4, 0.5) is 0 Å². The number of carbonyl (C=O) groups is 2. The van der Waals surface area contributed by atoms with E-state index in [0.29, 0.717) is 0 Å². The highest BCUT2D eigenvalue weighted by atomic mass is 16.5. The van der Waals surface area contributed by atoms with Gasteiger partial charge in [-0.2, -0.15) is 0 Å². The number of methoxy groups -OCH3 is 1. The molecule has 1 unspecified atom stereocenters. The number of carbonyl (C=O) groups excluding carboxylic acids is 2. The summed E-state index contributed by atoms with van der Waals surface area (Å²) in [5.41, 5.74) is 0. The first kappa shape index (κ1) is 14.9. The lowest BCUT2D eigenvalue weighted by molar-refractivity contribution is -0.144. The van der Waals surface area contributed by atoms with Crippen LogP contribution in [0.5, 0.6) is 0 Å². The van der Waals surface area contributed by atoms with Gasteiger partial charge in [-0.15, -0.1) is 0 Å². The Kier molecular flexibility index (Phi) is 6.72. The topological polar surface area (TPSA) is 67.4 Å². The standard InChI is InChI=1S/C11H22N2O3/c1-7(2)10(11(15)16-5)12-6-9(14)13-8(3)4/h7-8,10,12H,6H2,1-5H3,(H,13,14). The molecule has 1 amide bonds. The van der Waals surface area contributed by atoms with Crippen LogP contribution in [0.25, 0.3) is 0 Å². The number of hydrogen-bond acceptors (Lipinski definition) is 4. The molecule has 0 aliphatic heterocycles. The summed E-state index contributed by atoms with van der Waals surface area (Å²) in [5.74, 6) is -0.379. The highest BCUT2D eigenvalue weighted by Crippen LogP contribution is 2.02. The van der Waals surface area contributed by atoms with E-state index in [1.165, 1.54) is 7.11 Å². The van der Waals surface area contributed by atoms with Gasteiger partial charge < -0.3 is 10.1 Å². The lowest BCUT2D eigenvalue weighted by Gasteiger charge is -2.19. The lowest BCUT2D eigenvalue weighted by atomic mass is 10.0. The van der Waals surface area contributed by atoms with E-state index < -0.39 is 6.04 Å². The molecule has 0 saturated carbocycles. The van der Waals surface area contributed by atoms with Crippen molar-refractivity contribution in [3.05, 3.63) is 0 Å². The van der Waals surface area contributed by atoms with Crippen LogP contribution in [0, 0.1) is 5.92 Å². The summed E-state index contributed by atoms with van der Waals surface area (Å²) in [6.07, 6.45) is 0. The van der Waals surface area contributed by atoms with E-state index in [9.17, 15) is 9.59 Å². The molecule has 0 rings (SSSR count). The summed E-state index contributed by atoms with van der Waals surface area (Å²) in [4.78, 5) is 22.7. The molecule has 0 aromatic carbocycles. The number of ether oxygens (including phenoxy) is 1. The summed E-state index contributed by atoms with van der Waals surface area (Å²) < 4.78 is 4.65. The molecule has 5 heteroatoms. The minimum absolute atomic E-state index is 0.0827. The molecule has 2 N–H and O–H groups in total. The van der Waals surface area contributed by atoms with Crippen LogP contribution in [-0.4, -0.2) is 37.6 Å². The Hall–Kier alpha value is -1.10. The molecule has 0 aliphatic rings. The van der Waals surface area contributed by atoms with E-state index in [-0.39, 0.29) is 30.4 Å². The van der Waals surface area contributed by atoms with Gasteiger partial charge in [0.25, 0.3) is 0 Å². The molecule has 0 fully saturated rings. The molecule has 0 bridgehead atoms. The maximum atomic E-state index is 11.4. The Labute approximate surface area is 96.9 Å². The van der Waals surface area contributed by atoms with Crippen molar-refractivity contribution in [2.24, 2.45) is 5.92 Å². The lowest BCUT2D eigenvalue weighted by Crippen LogP contribution is -2.47. The SMILES string of the molecule is COC(=O)C(NCC(=O)NC(C)C)C(C)C. The summed E-state index contributed by atoms with van der Waals surface area (Å²) >= 11 is 0. The zero-order valence-corrected chi connectivity index (χ0v) is 10.7. The second-order valence-corrected chi connectivity index (χ2v) is 4.35. The average molecular weight is 230 g/mol. The first-order valence-corrected chi connectivity index (χ1v) is 5.49. The Morgan fingerprint density at radius 2 is 1.75 bits per heavy atom. The van der Waals surface area contributed by atoms with Crippen molar-refractivity contribution in [2.75, 3.05) is 13.7 Å². The predicted molar refractivity (Wildman–Crippen MR) is 61.9 cm³/mol. The minimum atomic E-state index is -0.442. The quantitative estimate of drug-likeness (QED) is 0.644. The van der Waals surface area contributed by atoms with Crippen molar-refractivity contribution in [3.63, 3.8) is 0 Å². The third kappa shape index (κ3) is 5.70. The first-order chi connectivity index (χ1) is 7.38. The smallest absolute Gasteiger partial charge is 0.323 e. The molecule has 0 aliphatic carbocycles. The van der Waals surface area contributed by atoms with Crippen LogP contribution in [0.1, 0.15) is 27.7 Å². The molecule has 16 heavy (non-hydrogen) atoms. The summed E-state index contributed by atoms with van der Waals surface area (Å²) in [6, 6.07) is -0.340. The number of nitrogens with one attached hydrogen (secondary N) is 2. The molecule has 5 nitrogen and oxygen atoms in total. The van der Waals surface area contributed by atoms with Crippen LogP contribution >= 0.6 is 0 Å². The van der Waals surface area contributed by atoms with Crippen LogP contribution in [-0.2, 0) is 14.3 Å². The van der Waals surface area contributed by atoms with Crippen molar-refractivity contribution >= 4 is 11.9 Å². The molecule has 0 aromatic heterocycles. The minimum Gasteiger partial charge on any atom is -0.468 e. The fourth-order valence-electron chi connectivity index (χ4n) is 1.29. The van der Waals surface area contributed by atoms with Gasteiger partial charge in [0.2, 0.25) is 5.91 Å². The Morgan fingerprint density at radius 1 is 1.19 bits per heavy atom. The molecule has 0 radical (unpaired) electrons. The van der Waals surface area contributed by atoms with Crippen molar-refractivity contribution in [1.29, 1.82) is 0 Å². The van der Waals surface area contributed by atoms with Crippen LogP contribution in [0.15, 0.2) is 0 Å². The van der Waals surface area contributed by atoms with E-state index in [4.69, 9.17) is 0 Å². The fourth-order valence-corrected chi connectivity index (χ4v) is 1.29. The van der Waals surface area contributed by atoms with Crippen molar-refractivity contribution in [2.45, 2.75) is 39.8 Å². The molecule has 0 heterocycles. The van der Waals surface area contributed by atoms with Gasteiger partial charge in [-0.3, -0.25) is 14.9 Å². The summed E-state index contributed by atoms with van der Waals surface area (Å²) in [6.45, 7) is 7.69. The van der Waals surface area contributed by atoms with Crippen molar-refractivity contribution < 1.29 is 14.3 Å². The van der Waals surface area contributed by atoms with E-state index in [0.717, 1.165) is 0 Å². The third-order valence-electron chi connectivity index (χ3n) is 2.05. The van der Waals surface area contributed by atoms with Crippen molar-refractivity contribution in [1.82, 2.24) is 10.6 Å². The van der Waals surface area contributed by atoms with Gasteiger partial charge >= 0.3 is 5.97 Å². The van der Waals surface area contributed by atoms with Gasteiger partial charge in [-0.25, -0.2) is 0 Å². The number of amides is 1. The Balaban J connectivity index is 4.12. The van der Waals surface area contributed by atoms with Crippen LogP contribution in [0.2, 0.25) is 0 Å². The van der Waals surface area contributed by atoms with Gasteiger partial charge in [0.15, 0.2) is 0 Å². The second-order valence-electron chi connectivity index (χ2n) is 4.35. The predicted octanol–water partition coefficient (Wildman–Crippen LogP) is 0.298. The van der Waals surface area contributed by atoms with Crippen LogP contribution in [0.3, 0.4) is 0 Å². The normalized spacial score (nSPS) is 12.7. The van der Waals surface area contributed by atoms with Crippen molar-refractivity contribution in [3.8, 4) is 0 Å². The number of hydrogen-bond donors (Lipinski definition) is 2. The molecular formula is C11H22N2O3. The fraction of sp³-hybridized carbons (Fsp3) is 0.818. The van der Waals surface area contributed by atoms with Gasteiger partial charge in [0.05, 0.1) is 13.7 Å². The molecule has 0 saturated heterocycles. The zero-order chi connectivity index (χ0) is 12.7. The number of esters is 1. The molecule has 0 aromatic rings. The largest absolute Gasteiger partial charge is 0.468 e. The number of rotatable bonds is 6. The second kappa shape index (κ2) is 7.22. The van der Waals surface area contributed by atoms with Gasteiger partial charge in [0.1, 0.15) is 6.04 Å². The highest BCUT2D eigenvalue weighted by Gasteiger charge is 2.22. The Morgan fingerprint density at radius 3 is 2.12 bits per heavy atom. The first-order valence-electron chi connectivity index (χ1n) is 5.49.